The van der Waals surface area contributed by atoms with Crippen LogP contribution >= 0.6 is 0 Å². The van der Waals surface area contributed by atoms with Crippen LogP contribution in [-0.2, 0) is 9.63 Å². The first-order valence-corrected chi connectivity index (χ1v) is 1.98. The van der Waals surface area contributed by atoms with E-state index in [1.165, 1.54) is 6.08 Å². The third-order valence-corrected chi connectivity index (χ3v) is 0.675. The van der Waals surface area contributed by atoms with Crippen LogP contribution in [0.5, 0.6) is 0 Å². The van der Waals surface area contributed by atoms with Crippen molar-refractivity contribution in [2.75, 3.05) is 0 Å². The van der Waals surface area contributed by atoms with E-state index in [4.69, 9.17) is 5.73 Å². The van der Waals surface area contributed by atoms with Gasteiger partial charge < -0.3 is 10.6 Å². The molecule has 4 heteroatoms. The number of rotatable bonds is 0. The summed E-state index contributed by atoms with van der Waals surface area (Å²) in [6, 6.07) is 0. The van der Waals surface area contributed by atoms with Crippen molar-refractivity contribution in [1.29, 1.82) is 0 Å². The normalized spacial score (nSPS) is 16.0. The predicted octanol–water partition coefficient (Wildman–Crippen LogP) is -0.963. The Kier molecular flexibility index (Phi) is 0.946. The van der Waals surface area contributed by atoms with Crippen LogP contribution in [0, 0.1) is 0 Å². The zero-order valence-corrected chi connectivity index (χ0v) is 3.97. The van der Waals surface area contributed by atoms with Crippen molar-refractivity contribution in [3.63, 3.8) is 0 Å². The highest BCUT2D eigenvalue weighted by molar-refractivity contribution is 5.56. The third kappa shape index (κ3) is 0.643. The van der Waals surface area contributed by atoms with Gasteiger partial charge in [-0.15, -0.1) is 0 Å². The molecule has 0 aromatic carbocycles. The van der Waals surface area contributed by atoms with Gasteiger partial charge in [0.2, 0.25) is 5.88 Å². The molecule has 1 aliphatic rings. The topological polar surface area (TPSA) is 64.4 Å². The average Bonchev–Trinajstić information content (AvgIpc) is 2.14. The molecular weight excluding hydrogens is 108 g/mol. The highest BCUT2D eigenvalue weighted by Gasteiger charge is 2.04. The van der Waals surface area contributed by atoms with E-state index in [1.54, 1.807) is 5.94 Å². The third-order valence-electron chi connectivity index (χ3n) is 0.675. The van der Waals surface area contributed by atoms with Gasteiger partial charge in [-0.05, 0) is 0 Å². The van der Waals surface area contributed by atoms with Crippen LogP contribution in [0.25, 0.3) is 0 Å². The Balaban J connectivity index is 2.82. The van der Waals surface area contributed by atoms with Crippen molar-refractivity contribution in [3.05, 3.63) is 17.7 Å². The summed E-state index contributed by atoms with van der Waals surface area (Å²) in [4.78, 5) is 14.2. The summed E-state index contributed by atoms with van der Waals surface area (Å²) >= 11 is 0. The summed E-state index contributed by atoms with van der Waals surface area (Å²) in [6.45, 7) is 0. The molecule has 0 unspecified atom stereocenters. The van der Waals surface area contributed by atoms with Crippen molar-refractivity contribution in [2.24, 2.45) is 5.73 Å². The highest BCUT2D eigenvalue weighted by atomic mass is 16.7. The largest absolute Gasteiger partial charge is 0.368 e. The van der Waals surface area contributed by atoms with Crippen LogP contribution in [-0.4, -0.2) is 5.94 Å². The summed E-state index contributed by atoms with van der Waals surface area (Å²) in [5, 5.41) is 0. The molecule has 0 radical (unpaired) electrons. The second kappa shape index (κ2) is 1.60. The number of hydroxylamine groups is 1. The van der Waals surface area contributed by atoms with Gasteiger partial charge in [-0.25, -0.2) is 10.3 Å². The smallest absolute Gasteiger partial charge is 0.220 e. The fraction of sp³-hybridized carbons (Fsp3) is 0. The average molecular weight is 112 g/mol. The molecule has 1 aliphatic heterocycles. The molecule has 42 valence electrons. The number of carbonyl (C=O) groups excluding carboxylic acids is 1. The van der Waals surface area contributed by atoms with E-state index in [0.717, 1.165) is 0 Å². The molecule has 0 aromatic heterocycles. The number of nitrogens with one attached hydrogen (secondary N) is 1. The SMILES string of the molecule is NC1=CC(=C=O)NO1. The molecule has 0 saturated carbocycles. The van der Waals surface area contributed by atoms with E-state index in [1.807, 2.05) is 0 Å². The maximum atomic E-state index is 9.75. The zero-order chi connectivity index (χ0) is 5.98. The van der Waals surface area contributed by atoms with Gasteiger partial charge in [0.05, 0.1) is 0 Å². The van der Waals surface area contributed by atoms with Crippen LogP contribution in [0.1, 0.15) is 0 Å². The van der Waals surface area contributed by atoms with Gasteiger partial charge in [-0.2, -0.15) is 0 Å². The summed E-state index contributed by atoms with van der Waals surface area (Å²) in [5.74, 6) is 1.75. The van der Waals surface area contributed by atoms with E-state index in [2.05, 4.69) is 10.3 Å². The predicted molar refractivity (Wildman–Crippen MR) is 25.7 cm³/mol. The van der Waals surface area contributed by atoms with Crippen LogP contribution in [0.15, 0.2) is 17.7 Å². The van der Waals surface area contributed by atoms with Gasteiger partial charge >= 0.3 is 0 Å². The summed E-state index contributed by atoms with van der Waals surface area (Å²) in [6.07, 6.45) is 1.35. The zero-order valence-electron chi connectivity index (χ0n) is 3.97. The Morgan fingerprint density at radius 2 is 2.62 bits per heavy atom. The lowest BCUT2D eigenvalue weighted by atomic mass is 10.5. The monoisotopic (exact) mass is 112 g/mol. The molecule has 0 fully saturated rings. The van der Waals surface area contributed by atoms with Crippen LogP contribution in [0.2, 0.25) is 0 Å². The summed E-state index contributed by atoms with van der Waals surface area (Å²) in [5.41, 5.74) is 7.53. The van der Waals surface area contributed by atoms with Gasteiger partial charge in [0.1, 0.15) is 0 Å². The lowest BCUT2D eigenvalue weighted by molar-refractivity contribution is 0.153. The second-order valence-electron chi connectivity index (χ2n) is 1.27. The molecule has 0 atom stereocenters. The Labute approximate surface area is 45.6 Å². The van der Waals surface area contributed by atoms with Gasteiger partial charge in [0, 0.05) is 6.08 Å². The first-order chi connectivity index (χ1) is 3.83. The molecule has 0 aliphatic carbocycles. The number of hydrogen-bond donors (Lipinski definition) is 2. The first-order valence-electron chi connectivity index (χ1n) is 1.98. The fourth-order valence-corrected chi connectivity index (χ4v) is 0.365. The van der Waals surface area contributed by atoms with Gasteiger partial charge in [0.15, 0.2) is 11.6 Å². The minimum atomic E-state index is 0.184. The number of hydrogen-bond acceptors (Lipinski definition) is 4. The molecule has 1 heterocycles. The first kappa shape index (κ1) is 4.74. The molecule has 8 heavy (non-hydrogen) atoms. The van der Waals surface area contributed by atoms with Crippen LogP contribution in [0.4, 0.5) is 0 Å². The fourth-order valence-electron chi connectivity index (χ4n) is 0.365. The van der Waals surface area contributed by atoms with E-state index < -0.39 is 0 Å². The molecule has 3 N–H and O–H groups in total. The van der Waals surface area contributed by atoms with Crippen molar-refractivity contribution < 1.29 is 9.63 Å². The molecule has 1 rings (SSSR count). The van der Waals surface area contributed by atoms with Crippen molar-refractivity contribution in [1.82, 2.24) is 5.48 Å². The Morgan fingerprint density at radius 3 is 2.88 bits per heavy atom. The van der Waals surface area contributed by atoms with Crippen molar-refractivity contribution >= 4 is 5.94 Å². The lowest BCUT2D eigenvalue weighted by Gasteiger charge is -1.91. The van der Waals surface area contributed by atoms with Gasteiger partial charge in [0.25, 0.3) is 0 Å². The number of nitrogens with two attached hydrogens (primary N) is 1. The Bertz CT molecular complexity index is 178. The number of allylic oxidation sites excluding steroid dienone is 1. The lowest BCUT2D eigenvalue weighted by Crippen LogP contribution is -2.07. The van der Waals surface area contributed by atoms with Crippen LogP contribution in [0.3, 0.4) is 0 Å². The molecule has 4 nitrogen and oxygen atoms in total. The van der Waals surface area contributed by atoms with E-state index in [-0.39, 0.29) is 11.6 Å². The Hall–Kier alpha value is -1.41. The summed E-state index contributed by atoms with van der Waals surface area (Å²) < 4.78 is 0. The molecular formula is C4H4N2O2. The van der Waals surface area contributed by atoms with E-state index >= 15 is 0 Å². The molecule has 0 amide bonds. The van der Waals surface area contributed by atoms with E-state index in [0.29, 0.717) is 0 Å². The van der Waals surface area contributed by atoms with Gasteiger partial charge in [-0.1, -0.05) is 0 Å². The molecule has 0 saturated heterocycles. The minimum Gasteiger partial charge on any atom is -0.368 e. The summed E-state index contributed by atoms with van der Waals surface area (Å²) in [7, 11) is 0. The minimum absolute atomic E-state index is 0.184. The van der Waals surface area contributed by atoms with Crippen LogP contribution < -0.4 is 11.2 Å². The van der Waals surface area contributed by atoms with Crippen molar-refractivity contribution in [3.8, 4) is 0 Å². The highest BCUT2D eigenvalue weighted by Crippen LogP contribution is 1.99. The maximum Gasteiger partial charge on any atom is 0.220 e. The standard InChI is InChI=1S/C4H4N2O2/c5-4-1-3(2-7)6-8-4/h1,6H,5H2. The van der Waals surface area contributed by atoms with Crippen molar-refractivity contribution in [2.45, 2.75) is 0 Å². The van der Waals surface area contributed by atoms with E-state index in [9.17, 15) is 4.79 Å². The molecule has 0 aromatic rings. The molecule has 0 bridgehead atoms. The quantitative estimate of drug-likeness (QED) is 0.396. The maximum absolute atomic E-state index is 9.75. The molecule has 0 spiro atoms. The second-order valence-corrected chi connectivity index (χ2v) is 1.27. The van der Waals surface area contributed by atoms with Gasteiger partial charge in [-0.3, -0.25) is 0 Å². The Morgan fingerprint density at radius 1 is 1.88 bits per heavy atom.